The summed E-state index contributed by atoms with van der Waals surface area (Å²) in [5.74, 6) is -0.801. The van der Waals surface area contributed by atoms with Crippen LogP contribution < -0.4 is 5.32 Å². The normalized spacial score (nSPS) is 22.2. The van der Waals surface area contributed by atoms with E-state index in [-0.39, 0.29) is 19.0 Å². The summed E-state index contributed by atoms with van der Waals surface area (Å²) in [6.07, 6.45) is -4.72. The van der Waals surface area contributed by atoms with E-state index in [9.17, 15) is 22.8 Å². The Morgan fingerprint density at radius 3 is 2.69 bits per heavy atom. The van der Waals surface area contributed by atoms with E-state index in [0.29, 0.717) is 0 Å². The molecule has 92 valence electrons. The van der Waals surface area contributed by atoms with Gasteiger partial charge in [0, 0.05) is 6.54 Å². The van der Waals surface area contributed by atoms with E-state index in [2.05, 4.69) is 10.1 Å². The minimum absolute atomic E-state index is 0.232. The molecule has 1 fully saturated rings. The summed E-state index contributed by atoms with van der Waals surface area (Å²) in [5.41, 5.74) is 0. The number of nitrogens with zero attached hydrogens (tertiary/aromatic N) is 1. The van der Waals surface area contributed by atoms with E-state index in [1.54, 1.807) is 0 Å². The Labute approximate surface area is 89.5 Å². The third-order valence-electron chi connectivity index (χ3n) is 2.02. The van der Waals surface area contributed by atoms with Crippen LogP contribution in [0.15, 0.2) is 0 Å². The van der Waals surface area contributed by atoms with Crippen molar-refractivity contribution in [2.24, 2.45) is 0 Å². The maximum absolute atomic E-state index is 11.7. The molecule has 0 bridgehead atoms. The van der Waals surface area contributed by atoms with Crippen molar-refractivity contribution >= 4 is 11.8 Å². The maximum Gasteiger partial charge on any atom is 0.522 e. The summed E-state index contributed by atoms with van der Waals surface area (Å²) in [4.78, 5) is 23.5. The number of amides is 2. The Balaban J connectivity index is 2.41. The predicted octanol–water partition coefficient (Wildman–Crippen LogP) is -0.130. The minimum atomic E-state index is -4.72. The van der Waals surface area contributed by atoms with E-state index in [0.717, 1.165) is 4.90 Å². The molecule has 5 nitrogen and oxygen atoms in total. The number of carbonyl (C=O) groups excluding carboxylic acids is 2. The van der Waals surface area contributed by atoms with Crippen LogP contribution in [-0.4, -0.2) is 48.8 Å². The van der Waals surface area contributed by atoms with Gasteiger partial charge in [0.15, 0.2) is 0 Å². The van der Waals surface area contributed by atoms with Gasteiger partial charge in [-0.2, -0.15) is 0 Å². The van der Waals surface area contributed by atoms with Gasteiger partial charge in [-0.25, -0.2) is 0 Å². The molecule has 16 heavy (non-hydrogen) atoms. The number of nitrogens with one attached hydrogen (secondary N) is 1. The predicted molar refractivity (Wildman–Crippen MR) is 46.2 cm³/mol. The summed E-state index contributed by atoms with van der Waals surface area (Å²) < 4.78 is 38.5. The number of carbonyl (C=O) groups is 2. The Morgan fingerprint density at radius 1 is 1.50 bits per heavy atom. The quantitative estimate of drug-likeness (QED) is 0.747. The molecule has 1 rings (SSSR count). The van der Waals surface area contributed by atoms with E-state index < -0.39 is 24.9 Å². The first kappa shape index (κ1) is 12.8. The molecule has 8 heteroatoms. The van der Waals surface area contributed by atoms with Crippen molar-refractivity contribution in [3.8, 4) is 0 Å². The van der Waals surface area contributed by atoms with Gasteiger partial charge in [0.25, 0.3) is 0 Å². The van der Waals surface area contributed by atoms with Crippen molar-refractivity contribution in [2.75, 3.05) is 19.7 Å². The van der Waals surface area contributed by atoms with Crippen molar-refractivity contribution < 1.29 is 27.5 Å². The van der Waals surface area contributed by atoms with Gasteiger partial charge < -0.3 is 10.2 Å². The van der Waals surface area contributed by atoms with Crippen LogP contribution in [0.2, 0.25) is 0 Å². The highest BCUT2D eigenvalue weighted by Gasteiger charge is 2.32. The summed E-state index contributed by atoms with van der Waals surface area (Å²) >= 11 is 0. The zero-order chi connectivity index (χ0) is 12.3. The van der Waals surface area contributed by atoms with Gasteiger partial charge in [0.05, 0.1) is 13.2 Å². The van der Waals surface area contributed by atoms with Crippen LogP contribution in [-0.2, 0) is 14.3 Å². The van der Waals surface area contributed by atoms with Crippen molar-refractivity contribution in [3.05, 3.63) is 0 Å². The maximum atomic E-state index is 11.7. The summed E-state index contributed by atoms with van der Waals surface area (Å²) in [7, 11) is 0. The zero-order valence-corrected chi connectivity index (χ0v) is 8.50. The lowest BCUT2D eigenvalue weighted by Crippen LogP contribution is -2.57. The molecular formula is C8H11F3N2O3. The topological polar surface area (TPSA) is 58.6 Å². The van der Waals surface area contributed by atoms with Gasteiger partial charge in [-0.3, -0.25) is 14.3 Å². The number of ether oxygens (including phenoxy) is 1. The summed E-state index contributed by atoms with van der Waals surface area (Å²) in [6.45, 7) is 0.312. The van der Waals surface area contributed by atoms with Crippen LogP contribution in [0.3, 0.4) is 0 Å². The van der Waals surface area contributed by atoms with Gasteiger partial charge in [-0.05, 0) is 6.92 Å². The molecule has 1 saturated heterocycles. The molecule has 0 aromatic rings. The molecular weight excluding hydrogens is 229 g/mol. The molecule has 1 N–H and O–H groups in total. The minimum Gasteiger partial charge on any atom is -0.343 e. The molecule has 1 heterocycles. The van der Waals surface area contributed by atoms with E-state index in [1.807, 2.05) is 0 Å². The first-order valence-electron chi connectivity index (χ1n) is 4.58. The van der Waals surface area contributed by atoms with Crippen molar-refractivity contribution in [1.82, 2.24) is 10.2 Å². The van der Waals surface area contributed by atoms with Gasteiger partial charge in [-0.15, -0.1) is 13.2 Å². The van der Waals surface area contributed by atoms with Crippen molar-refractivity contribution in [2.45, 2.75) is 19.3 Å². The van der Waals surface area contributed by atoms with Crippen molar-refractivity contribution in [1.29, 1.82) is 0 Å². The molecule has 0 aliphatic carbocycles. The van der Waals surface area contributed by atoms with Crippen molar-refractivity contribution in [3.63, 3.8) is 0 Å². The van der Waals surface area contributed by atoms with Gasteiger partial charge >= 0.3 is 6.36 Å². The van der Waals surface area contributed by atoms with E-state index >= 15 is 0 Å². The fourth-order valence-corrected chi connectivity index (χ4v) is 1.33. The first-order chi connectivity index (χ1) is 7.29. The average molecular weight is 240 g/mol. The second kappa shape index (κ2) is 4.69. The first-order valence-corrected chi connectivity index (χ1v) is 4.58. The number of rotatable bonds is 3. The second-order valence-electron chi connectivity index (χ2n) is 3.34. The van der Waals surface area contributed by atoms with Crippen LogP contribution in [0.1, 0.15) is 6.92 Å². The van der Waals surface area contributed by atoms with Crippen LogP contribution in [0, 0.1) is 0 Å². The van der Waals surface area contributed by atoms with Crippen LogP contribution in [0.5, 0.6) is 0 Å². The molecule has 1 atom stereocenters. The summed E-state index contributed by atoms with van der Waals surface area (Å²) in [5, 5.41) is 2.37. The van der Waals surface area contributed by atoms with Gasteiger partial charge in [0.1, 0.15) is 6.04 Å². The molecule has 0 aromatic heterocycles. The summed E-state index contributed by atoms with van der Waals surface area (Å²) in [6, 6.07) is -0.702. The lowest BCUT2D eigenvalue weighted by atomic mass is 10.2. The van der Waals surface area contributed by atoms with E-state index in [4.69, 9.17) is 0 Å². The van der Waals surface area contributed by atoms with Crippen LogP contribution in [0.4, 0.5) is 13.2 Å². The molecule has 1 aliphatic heterocycles. The SMILES string of the molecule is CC1NC(=O)CN(CCOC(F)(F)F)C1=O. The monoisotopic (exact) mass is 240 g/mol. The van der Waals surface area contributed by atoms with Gasteiger partial charge in [-0.1, -0.05) is 0 Å². The average Bonchev–Trinajstić information content (AvgIpc) is 2.11. The van der Waals surface area contributed by atoms with E-state index in [1.165, 1.54) is 6.92 Å². The molecule has 1 aliphatic rings. The zero-order valence-electron chi connectivity index (χ0n) is 8.50. The van der Waals surface area contributed by atoms with Crippen LogP contribution in [0.25, 0.3) is 0 Å². The Bertz CT molecular complexity index is 293. The molecule has 0 saturated carbocycles. The third-order valence-corrected chi connectivity index (χ3v) is 2.02. The molecule has 2 amide bonds. The number of hydrogen-bond donors (Lipinski definition) is 1. The number of alkyl halides is 3. The third kappa shape index (κ3) is 3.69. The fraction of sp³-hybridized carbons (Fsp3) is 0.750. The largest absolute Gasteiger partial charge is 0.522 e. The van der Waals surface area contributed by atoms with Gasteiger partial charge in [0.2, 0.25) is 11.8 Å². The molecule has 1 unspecified atom stereocenters. The standard InChI is InChI=1S/C8H11F3N2O3/c1-5-7(15)13(4-6(14)12-5)2-3-16-8(9,10)11/h5H,2-4H2,1H3,(H,12,14). The number of hydrogen-bond acceptors (Lipinski definition) is 3. The Kier molecular flexibility index (Phi) is 3.74. The number of piperazine rings is 1. The highest BCUT2D eigenvalue weighted by atomic mass is 19.4. The van der Waals surface area contributed by atoms with Crippen LogP contribution >= 0.6 is 0 Å². The molecule has 0 aromatic carbocycles. The number of halogens is 3. The fourth-order valence-electron chi connectivity index (χ4n) is 1.33. The Morgan fingerprint density at radius 2 is 2.12 bits per heavy atom. The lowest BCUT2D eigenvalue weighted by molar-refractivity contribution is -0.324. The highest BCUT2D eigenvalue weighted by Crippen LogP contribution is 2.15. The molecule has 0 radical (unpaired) electrons. The Hall–Kier alpha value is -1.31. The second-order valence-corrected chi connectivity index (χ2v) is 3.34. The lowest BCUT2D eigenvalue weighted by Gasteiger charge is -2.30. The smallest absolute Gasteiger partial charge is 0.343 e. The molecule has 0 spiro atoms. The highest BCUT2D eigenvalue weighted by molar-refractivity contribution is 5.94.